The van der Waals surface area contributed by atoms with Gasteiger partial charge in [-0.2, -0.15) is 0 Å². The molecule has 6 heteroatoms. The molecular formula is C18H16N2O4. The van der Waals surface area contributed by atoms with Crippen LogP contribution in [-0.2, 0) is 0 Å². The van der Waals surface area contributed by atoms with Crippen LogP contribution in [0.3, 0.4) is 0 Å². The zero-order chi connectivity index (χ0) is 16.9. The SMILES string of the molecule is C[C@]12C[C@H](NC(=O)N1c1cccc(C(=O)O)c1)c1ccccc1O2. The highest BCUT2D eigenvalue weighted by molar-refractivity contribution is 5.97. The molecule has 2 aliphatic heterocycles. The maximum atomic E-state index is 12.7. The maximum Gasteiger partial charge on any atom is 0.335 e. The lowest BCUT2D eigenvalue weighted by Gasteiger charge is -2.50. The van der Waals surface area contributed by atoms with E-state index in [1.807, 2.05) is 31.2 Å². The van der Waals surface area contributed by atoms with E-state index < -0.39 is 11.7 Å². The molecule has 0 spiro atoms. The molecule has 2 aromatic rings. The molecule has 0 radical (unpaired) electrons. The summed E-state index contributed by atoms with van der Waals surface area (Å²) < 4.78 is 6.15. The van der Waals surface area contributed by atoms with E-state index in [0.29, 0.717) is 12.1 Å². The number of ether oxygens (including phenoxy) is 1. The van der Waals surface area contributed by atoms with Gasteiger partial charge in [0.15, 0.2) is 5.72 Å². The maximum absolute atomic E-state index is 12.7. The van der Waals surface area contributed by atoms with Gasteiger partial charge in [-0.3, -0.25) is 4.90 Å². The van der Waals surface area contributed by atoms with Crippen molar-refractivity contribution in [1.82, 2.24) is 5.32 Å². The van der Waals surface area contributed by atoms with Gasteiger partial charge in [-0.1, -0.05) is 24.3 Å². The highest BCUT2D eigenvalue weighted by Crippen LogP contribution is 2.45. The van der Waals surface area contributed by atoms with Gasteiger partial charge in [0.05, 0.1) is 17.3 Å². The van der Waals surface area contributed by atoms with E-state index in [-0.39, 0.29) is 17.6 Å². The molecule has 2 bridgehead atoms. The average molecular weight is 324 g/mol. The highest BCUT2D eigenvalue weighted by atomic mass is 16.5. The zero-order valence-corrected chi connectivity index (χ0v) is 13.0. The number of urea groups is 1. The third kappa shape index (κ3) is 2.11. The summed E-state index contributed by atoms with van der Waals surface area (Å²) in [5.41, 5.74) is 0.704. The molecule has 1 saturated heterocycles. The van der Waals surface area contributed by atoms with E-state index in [0.717, 1.165) is 11.3 Å². The number of hydrogen-bond donors (Lipinski definition) is 2. The first kappa shape index (κ1) is 14.6. The summed E-state index contributed by atoms with van der Waals surface area (Å²) in [6, 6.07) is 13.5. The Kier molecular flexibility index (Phi) is 3.03. The van der Waals surface area contributed by atoms with Gasteiger partial charge >= 0.3 is 12.0 Å². The molecule has 0 unspecified atom stereocenters. The van der Waals surface area contributed by atoms with Crippen LogP contribution in [0.15, 0.2) is 48.5 Å². The van der Waals surface area contributed by atoms with Crippen molar-refractivity contribution in [3.05, 3.63) is 59.7 Å². The van der Waals surface area contributed by atoms with E-state index in [2.05, 4.69) is 5.32 Å². The third-order valence-electron chi connectivity index (χ3n) is 4.53. The fourth-order valence-electron chi connectivity index (χ4n) is 3.49. The van der Waals surface area contributed by atoms with Crippen molar-refractivity contribution in [3.8, 4) is 5.75 Å². The number of carbonyl (C=O) groups excluding carboxylic acids is 1. The van der Waals surface area contributed by atoms with Crippen LogP contribution in [0.1, 0.15) is 35.3 Å². The smallest absolute Gasteiger partial charge is 0.335 e. The summed E-state index contributed by atoms with van der Waals surface area (Å²) in [6.07, 6.45) is 0.576. The largest absolute Gasteiger partial charge is 0.478 e. The predicted molar refractivity (Wildman–Crippen MR) is 87.2 cm³/mol. The summed E-state index contributed by atoms with van der Waals surface area (Å²) in [5.74, 6) is -0.303. The van der Waals surface area contributed by atoms with Gasteiger partial charge in [0.25, 0.3) is 0 Å². The number of fused-ring (bicyclic) bond motifs is 4. The van der Waals surface area contributed by atoms with Crippen LogP contribution >= 0.6 is 0 Å². The lowest BCUT2D eigenvalue weighted by Crippen LogP contribution is -2.65. The van der Waals surface area contributed by atoms with Gasteiger partial charge in [-0.05, 0) is 31.2 Å². The molecule has 0 saturated carbocycles. The van der Waals surface area contributed by atoms with Gasteiger partial charge in [-0.25, -0.2) is 9.59 Å². The van der Waals surface area contributed by atoms with E-state index in [1.165, 1.54) is 17.0 Å². The number of benzene rings is 2. The van der Waals surface area contributed by atoms with Crippen molar-refractivity contribution >= 4 is 17.7 Å². The number of hydrogen-bond acceptors (Lipinski definition) is 3. The number of amides is 2. The van der Waals surface area contributed by atoms with Crippen molar-refractivity contribution in [2.75, 3.05) is 4.90 Å². The minimum atomic E-state index is -1.03. The fourth-order valence-corrected chi connectivity index (χ4v) is 3.49. The lowest BCUT2D eigenvalue weighted by atomic mass is 9.90. The molecule has 2 amide bonds. The van der Waals surface area contributed by atoms with Gasteiger partial charge in [-0.15, -0.1) is 0 Å². The van der Waals surface area contributed by atoms with Crippen molar-refractivity contribution < 1.29 is 19.4 Å². The number of anilines is 1. The monoisotopic (exact) mass is 324 g/mol. The first-order chi connectivity index (χ1) is 11.5. The molecule has 24 heavy (non-hydrogen) atoms. The first-order valence-electron chi connectivity index (χ1n) is 7.70. The van der Waals surface area contributed by atoms with Crippen molar-refractivity contribution in [1.29, 1.82) is 0 Å². The number of aromatic carboxylic acids is 1. The van der Waals surface area contributed by atoms with Crippen LogP contribution in [-0.4, -0.2) is 22.8 Å². The van der Waals surface area contributed by atoms with Crippen molar-refractivity contribution in [3.63, 3.8) is 0 Å². The number of carboxylic acids is 1. The Morgan fingerprint density at radius 1 is 1.29 bits per heavy atom. The molecule has 6 nitrogen and oxygen atoms in total. The molecular weight excluding hydrogens is 308 g/mol. The van der Waals surface area contributed by atoms with E-state index in [9.17, 15) is 14.7 Å². The number of carbonyl (C=O) groups is 2. The molecule has 2 heterocycles. The van der Waals surface area contributed by atoms with E-state index in [4.69, 9.17) is 4.74 Å². The number of carboxylic acid groups (broad SMARTS) is 1. The summed E-state index contributed by atoms with van der Waals surface area (Å²) >= 11 is 0. The lowest BCUT2D eigenvalue weighted by molar-refractivity contribution is 0.0378. The fraction of sp³-hybridized carbons (Fsp3) is 0.222. The molecule has 2 atom stereocenters. The van der Waals surface area contributed by atoms with Gasteiger partial charge in [0.2, 0.25) is 0 Å². The van der Waals surface area contributed by atoms with Crippen LogP contribution in [0.2, 0.25) is 0 Å². The quantitative estimate of drug-likeness (QED) is 0.889. The Morgan fingerprint density at radius 2 is 2.08 bits per heavy atom. The summed E-state index contributed by atoms with van der Waals surface area (Å²) in [7, 11) is 0. The molecule has 2 aliphatic rings. The van der Waals surface area contributed by atoms with Crippen molar-refractivity contribution in [2.45, 2.75) is 25.1 Å². The molecule has 1 fully saturated rings. The Balaban J connectivity index is 1.79. The molecule has 0 aliphatic carbocycles. The van der Waals surface area contributed by atoms with Gasteiger partial charge in [0, 0.05) is 12.0 Å². The number of nitrogens with one attached hydrogen (secondary N) is 1. The Bertz CT molecular complexity index is 850. The van der Waals surface area contributed by atoms with Crippen LogP contribution in [0.4, 0.5) is 10.5 Å². The summed E-state index contributed by atoms with van der Waals surface area (Å²) in [6.45, 7) is 1.85. The third-order valence-corrected chi connectivity index (χ3v) is 4.53. The first-order valence-corrected chi connectivity index (χ1v) is 7.70. The summed E-state index contributed by atoms with van der Waals surface area (Å²) in [4.78, 5) is 25.4. The second-order valence-electron chi connectivity index (χ2n) is 6.21. The minimum absolute atomic E-state index is 0.119. The standard InChI is InChI=1S/C18H16N2O4/c1-18-10-14(13-7-2-3-8-15(13)24-18)19-17(23)20(18)12-6-4-5-11(9-12)16(21)22/h2-9,14H,10H2,1H3,(H,19,23)(H,21,22)/t14-,18-/m0/s1. The minimum Gasteiger partial charge on any atom is -0.478 e. The zero-order valence-electron chi connectivity index (χ0n) is 13.0. The number of para-hydroxylation sites is 1. The van der Waals surface area contributed by atoms with Crippen LogP contribution in [0.5, 0.6) is 5.75 Å². The van der Waals surface area contributed by atoms with Gasteiger partial charge < -0.3 is 15.2 Å². The predicted octanol–water partition coefficient (Wildman–Crippen LogP) is 3.15. The topological polar surface area (TPSA) is 78.9 Å². The van der Waals surface area contributed by atoms with Crippen molar-refractivity contribution in [2.24, 2.45) is 0 Å². The Labute approximate surface area is 138 Å². The van der Waals surface area contributed by atoms with E-state index in [1.54, 1.807) is 12.1 Å². The van der Waals surface area contributed by atoms with Gasteiger partial charge in [0.1, 0.15) is 5.75 Å². The number of nitrogens with zero attached hydrogens (tertiary/aromatic N) is 1. The summed E-state index contributed by atoms with van der Waals surface area (Å²) in [5, 5.41) is 12.2. The van der Waals surface area contributed by atoms with Crippen LogP contribution < -0.4 is 15.0 Å². The molecule has 2 N–H and O–H groups in total. The van der Waals surface area contributed by atoms with Crippen LogP contribution in [0.25, 0.3) is 0 Å². The molecule has 4 rings (SSSR count). The second-order valence-corrected chi connectivity index (χ2v) is 6.21. The van der Waals surface area contributed by atoms with Crippen LogP contribution in [0, 0.1) is 0 Å². The Hall–Kier alpha value is -3.02. The average Bonchev–Trinajstić information content (AvgIpc) is 2.54. The van der Waals surface area contributed by atoms with E-state index >= 15 is 0 Å². The highest BCUT2D eigenvalue weighted by Gasteiger charge is 2.49. The Morgan fingerprint density at radius 3 is 2.88 bits per heavy atom. The molecule has 122 valence electrons. The second kappa shape index (κ2) is 4.99. The number of rotatable bonds is 2. The molecule has 0 aromatic heterocycles. The molecule has 2 aromatic carbocycles. The normalized spacial score (nSPS) is 24.6.